The molecular weight excluding hydrogens is 607 g/mol. The Balaban J connectivity index is 1.41. The second kappa shape index (κ2) is 12.8. The summed E-state index contributed by atoms with van der Waals surface area (Å²) >= 11 is 0. The molecule has 0 N–H and O–H groups in total. The summed E-state index contributed by atoms with van der Waals surface area (Å²) in [4.78, 5) is 5.82. The van der Waals surface area contributed by atoms with Crippen LogP contribution >= 0.6 is 0 Å². The highest BCUT2D eigenvalue weighted by atomic mass is 28.4. The molecule has 0 aliphatic heterocycles. The molecule has 0 saturated heterocycles. The van der Waals surface area contributed by atoms with E-state index in [1.54, 1.807) is 5.57 Å². The van der Waals surface area contributed by atoms with Gasteiger partial charge in [-0.05, 0) is 145 Å². The van der Waals surface area contributed by atoms with Gasteiger partial charge in [-0.3, -0.25) is 0 Å². The molecule has 0 bridgehead atoms. The minimum absolute atomic E-state index is 0.00635. The molecule has 4 aliphatic rings. The third-order valence-corrected chi connectivity index (χ3v) is 14.6. The summed E-state index contributed by atoms with van der Waals surface area (Å²) in [5, 5.41) is 4.61. The quantitative estimate of drug-likeness (QED) is 0.174. The Bertz CT molecular complexity index is 1250. The van der Waals surface area contributed by atoms with Gasteiger partial charge in [0.05, 0.1) is 24.0 Å². The van der Waals surface area contributed by atoms with E-state index in [1.165, 1.54) is 38.5 Å². The standard InChI is InChI=1S/C37H63NO4Si3/c1-35-22-19-30(38-39-26-28-15-13-12-14-16-28)25-29(35)17-18-31-32(35)20-23-36(2)33(31)21-24-37(36,42-45(9,10)11)34(41-44(6,7)8)27-40-43(3,4)5/h12-16,25,31-34H,17-24,26-27H2,1-11H3/b38-30-/t31-,32+,33+,34-,35+,36+,37+/m1/s1. The van der Waals surface area contributed by atoms with Gasteiger partial charge in [0.15, 0.2) is 25.0 Å². The van der Waals surface area contributed by atoms with E-state index < -0.39 is 25.0 Å². The number of fused-ring (bicyclic) bond motifs is 5. The summed E-state index contributed by atoms with van der Waals surface area (Å²) in [6, 6.07) is 10.3. The highest BCUT2D eigenvalue weighted by Gasteiger charge is 2.68. The third-order valence-electron chi connectivity index (χ3n) is 11.6. The van der Waals surface area contributed by atoms with Crippen molar-refractivity contribution in [2.75, 3.05) is 6.61 Å². The Labute approximate surface area is 278 Å². The zero-order valence-corrected chi connectivity index (χ0v) is 33.4. The van der Waals surface area contributed by atoms with Gasteiger partial charge in [-0.1, -0.05) is 54.9 Å². The molecule has 5 rings (SSSR count). The molecule has 7 atom stereocenters. The van der Waals surface area contributed by atoms with Crippen LogP contribution in [-0.2, 0) is 24.7 Å². The maximum Gasteiger partial charge on any atom is 0.184 e. The molecule has 8 heteroatoms. The highest BCUT2D eigenvalue weighted by molar-refractivity contribution is 6.70. The number of nitrogens with zero attached hydrogens (tertiary/aromatic N) is 1. The van der Waals surface area contributed by atoms with Crippen molar-refractivity contribution in [3.8, 4) is 0 Å². The van der Waals surface area contributed by atoms with Crippen molar-refractivity contribution >= 4 is 30.7 Å². The number of hydrogen-bond acceptors (Lipinski definition) is 5. The molecule has 0 aromatic heterocycles. The summed E-state index contributed by atoms with van der Waals surface area (Å²) in [5.74, 6) is 2.12. The lowest BCUT2D eigenvalue weighted by molar-refractivity contribution is -0.167. The zero-order chi connectivity index (χ0) is 32.9. The Morgan fingerprint density at radius 1 is 0.800 bits per heavy atom. The molecular formula is C37H63NO4Si3. The largest absolute Gasteiger partial charge is 0.415 e. The molecule has 1 aromatic carbocycles. The van der Waals surface area contributed by atoms with Crippen LogP contribution in [0.1, 0.15) is 70.8 Å². The minimum Gasteiger partial charge on any atom is -0.415 e. The van der Waals surface area contributed by atoms with Crippen molar-refractivity contribution < 1.29 is 18.1 Å². The Morgan fingerprint density at radius 3 is 2.13 bits per heavy atom. The van der Waals surface area contributed by atoms with Gasteiger partial charge in [0.2, 0.25) is 0 Å². The number of hydrogen-bond donors (Lipinski definition) is 0. The molecule has 0 heterocycles. The second-order valence-electron chi connectivity index (χ2n) is 18.1. The van der Waals surface area contributed by atoms with Crippen LogP contribution in [0.2, 0.25) is 58.9 Å². The molecule has 0 radical (unpaired) electrons. The van der Waals surface area contributed by atoms with Crippen molar-refractivity contribution in [3.63, 3.8) is 0 Å². The van der Waals surface area contributed by atoms with Crippen molar-refractivity contribution in [2.45, 2.75) is 142 Å². The molecule has 4 aliphatic carbocycles. The molecule has 5 nitrogen and oxygen atoms in total. The summed E-state index contributed by atoms with van der Waals surface area (Å²) < 4.78 is 21.5. The van der Waals surface area contributed by atoms with Crippen LogP contribution in [-0.4, -0.2) is 49.0 Å². The van der Waals surface area contributed by atoms with E-state index in [9.17, 15) is 0 Å². The van der Waals surface area contributed by atoms with Gasteiger partial charge in [-0.25, -0.2) is 0 Å². The number of benzene rings is 1. The van der Waals surface area contributed by atoms with Crippen molar-refractivity contribution in [3.05, 3.63) is 47.5 Å². The first-order chi connectivity index (χ1) is 20.9. The lowest BCUT2D eigenvalue weighted by Gasteiger charge is -2.62. The smallest absolute Gasteiger partial charge is 0.184 e. The lowest BCUT2D eigenvalue weighted by Crippen LogP contribution is -2.65. The Morgan fingerprint density at radius 2 is 1.49 bits per heavy atom. The molecule has 0 amide bonds. The van der Waals surface area contributed by atoms with Gasteiger partial charge in [-0.2, -0.15) is 0 Å². The van der Waals surface area contributed by atoms with E-state index in [4.69, 9.17) is 18.1 Å². The van der Waals surface area contributed by atoms with Crippen LogP contribution in [0.5, 0.6) is 0 Å². The molecule has 3 fully saturated rings. The zero-order valence-electron chi connectivity index (χ0n) is 30.4. The molecule has 3 saturated carbocycles. The minimum atomic E-state index is -1.90. The first-order valence-electron chi connectivity index (χ1n) is 17.8. The second-order valence-corrected chi connectivity index (χ2v) is 31.5. The van der Waals surface area contributed by atoms with E-state index >= 15 is 0 Å². The van der Waals surface area contributed by atoms with Gasteiger partial charge >= 0.3 is 0 Å². The van der Waals surface area contributed by atoms with E-state index in [2.05, 4.69) is 108 Å². The fraction of sp³-hybridized carbons (Fsp3) is 0.757. The fourth-order valence-electron chi connectivity index (χ4n) is 9.77. The SMILES string of the molecule is C[C@]12CC/C(=N/OCc3ccccc3)C=C1CC[C@@H]1[C@@H]2CC[C@@]2(C)[C@H]1CC[C@]2(O[Si](C)(C)C)[C@@H](CO[Si](C)(C)C)O[Si](C)(C)C. The van der Waals surface area contributed by atoms with Crippen LogP contribution in [0.4, 0.5) is 0 Å². The van der Waals surface area contributed by atoms with E-state index in [0.717, 1.165) is 36.0 Å². The molecule has 0 spiro atoms. The van der Waals surface area contributed by atoms with Crippen LogP contribution in [0, 0.1) is 28.6 Å². The number of oxime groups is 1. The summed E-state index contributed by atoms with van der Waals surface area (Å²) in [6.07, 6.45) is 11.9. The Hall–Kier alpha value is -1.04. The van der Waals surface area contributed by atoms with Gasteiger partial charge in [0.25, 0.3) is 0 Å². The fourth-order valence-corrected chi connectivity index (χ4v) is 13.1. The van der Waals surface area contributed by atoms with Crippen molar-refractivity contribution in [2.24, 2.45) is 33.7 Å². The average Bonchev–Trinajstić information content (AvgIpc) is 3.22. The molecule has 1 aromatic rings. The summed E-state index contributed by atoms with van der Waals surface area (Å²) in [5.41, 5.74) is 3.96. The summed E-state index contributed by atoms with van der Waals surface area (Å²) in [7, 11) is -5.49. The third kappa shape index (κ3) is 7.51. The van der Waals surface area contributed by atoms with Gasteiger partial charge in [0, 0.05) is 5.41 Å². The maximum atomic E-state index is 7.56. The van der Waals surface area contributed by atoms with Crippen molar-refractivity contribution in [1.82, 2.24) is 0 Å². The molecule has 252 valence electrons. The predicted octanol–water partition coefficient (Wildman–Crippen LogP) is 10.2. The van der Waals surface area contributed by atoms with Crippen LogP contribution in [0.25, 0.3) is 0 Å². The number of rotatable bonds is 11. The van der Waals surface area contributed by atoms with Gasteiger partial charge in [-0.15, -0.1) is 0 Å². The van der Waals surface area contributed by atoms with Crippen molar-refractivity contribution in [1.29, 1.82) is 0 Å². The average molecular weight is 670 g/mol. The topological polar surface area (TPSA) is 49.3 Å². The van der Waals surface area contributed by atoms with E-state index in [-0.39, 0.29) is 22.5 Å². The molecule has 45 heavy (non-hydrogen) atoms. The van der Waals surface area contributed by atoms with Crippen LogP contribution < -0.4 is 0 Å². The maximum absolute atomic E-state index is 7.56. The highest BCUT2D eigenvalue weighted by Crippen LogP contribution is 2.69. The van der Waals surface area contributed by atoms with Gasteiger partial charge in [0.1, 0.15) is 6.61 Å². The molecule has 0 unspecified atom stereocenters. The van der Waals surface area contributed by atoms with Crippen LogP contribution in [0.3, 0.4) is 0 Å². The number of allylic oxidation sites excluding steroid dienone is 2. The monoisotopic (exact) mass is 669 g/mol. The van der Waals surface area contributed by atoms with E-state index in [1.807, 2.05) is 6.07 Å². The van der Waals surface area contributed by atoms with Crippen LogP contribution in [0.15, 0.2) is 47.1 Å². The Kier molecular flexibility index (Phi) is 10.0. The predicted molar refractivity (Wildman–Crippen MR) is 195 cm³/mol. The summed E-state index contributed by atoms with van der Waals surface area (Å²) in [6.45, 7) is 27.5. The first-order valence-corrected chi connectivity index (χ1v) is 28.0. The van der Waals surface area contributed by atoms with Gasteiger partial charge < -0.3 is 18.1 Å². The lowest BCUT2D eigenvalue weighted by atomic mass is 9.46. The first kappa shape index (κ1) is 35.3. The normalized spacial score (nSPS) is 35.3. The van der Waals surface area contributed by atoms with E-state index in [0.29, 0.717) is 19.1 Å².